The molecule has 3 heteroatoms. The molecule has 1 atom stereocenters. The number of hydrogen-bond acceptors (Lipinski definition) is 3. The second-order valence-corrected chi connectivity index (χ2v) is 5.31. The van der Waals surface area contributed by atoms with Gasteiger partial charge in [0.15, 0.2) is 0 Å². The first-order valence-electron chi connectivity index (χ1n) is 9.36. The Kier molecular flexibility index (Phi) is 14.9. The van der Waals surface area contributed by atoms with Crippen LogP contribution in [0, 0.1) is 0 Å². The normalized spacial score (nSPS) is 14.4. The lowest BCUT2D eigenvalue weighted by Gasteiger charge is -2.02. The Morgan fingerprint density at radius 1 is 0.750 bits per heavy atom. The predicted octanol–water partition coefficient (Wildman–Crippen LogP) is 4.99. The first-order valence-corrected chi connectivity index (χ1v) is 9.36. The van der Waals surface area contributed by atoms with Crippen molar-refractivity contribution in [2.45, 2.75) is 19.9 Å². The molecule has 1 aliphatic carbocycles. The Morgan fingerprint density at radius 2 is 1.32 bits per heavy atom. The van der Waals surface area contributed by atoms with Gasteiger partial charge >= 0.3 is 0 Å². The van der Waals surface area contributed by atoms with Crippen LogP contribution < -0.4 is 5.73 Å². The Labute approximate surface area is 169 Å². The van der Waals surface area contributed by atoms with Crippen molar-refractivity contribution >= 4 is 6.08 Å². The standard InChI is InChI=1S/C21H19N.C2H6.2CH4O/c22-21-8-4-5-17(13-16-21)9-10-18-11-14-20(15-12-18)19-6-2-1-3-7-19;3*1-2/h1-16,21H,22H2;1-2H3;2*2H,1H3/b10-9+;;;. The summed E-state index contributed by atoms with van der Waals surface area (Å²) in [5.41, 5.74) is 10.7. The minimum absolute atomic E-state index is 0.00676. The summed E-state index contributed by atoms with van der Waals surface area (Å²) in [7, 11) is 2.00. The quantitative estimate of drug-likeness (QED) is 0.704. The third-order valence-corrected chi connectivity index (χ3v) is 3.62. The van der Waals surface area contributed by atoms with E-state index >= 15 is 0 Å². The molecule has 1 aliphatic rings. The predicted molar refractivity (Wildman–Crippen MR) is 123 cm³/mol. The maximum Gasteiger partial charge on any atom is 0.0416 e. The number of benzene rings is 2. The van der Waals surface area contributed by atoms with Crippen molar-refractivity contribution in [1.29, 1.82) is 0 Å². The van der Waals surface area contributed by atoms with Gasteiger partial charge < -0.3 is 15.9 Å². The van der Waals surface area contributed by atoms with E-state index in [9.17, 15) is 0 Å². The van der Waals surface area contributed by atoms with Gasteiger partial charge in [0.05, 0.1) is 0 Å². The van der Waals surface area contributed by atoms with Crippen molar-refractivity contribution in [1.82, 2.24) is 0 Å². The van der Waals surface area contributed by atoms with Gasteiger partial charge in [0.1, 0.15) is 0 Å². The number of hydrogen-bond donors (Lipinski definition) is 3. The van der Waals surface area contributed by atoms with Gasteiger partial charge in [-0.1, -0.05) is 111 Å². The number of nitrogens with two attached hydrogens (primary N) is 1. The highest BCUT2D eigenvalue weighted by atomic mass is 16.2. The van der Waals surface area contributed by atoms with Gasteiger partial charge in [-0.15, -0.1) is 0 Å². The monoisotopic (exact) mass is 379 g/mol. The number of rotatable bonds is 3. The maximum atomic E-state index is 7.00. The van der Waals surface area contributed by atoms with Gasteiger partial charge in [0.2, 0.25) is 0 Å². The Hall–Kier alpha value is -2.72. The fraction of sp³-hybridized carbons (Fsp3) is 0.200. The van der Waals surface area contributed by atoms with E-state index in [-0.39, 0.29) is 6.04 Å². The summed E-state index contributed by atoms with van der Waals surface area (Å²) in [6.07, 6.45) is 14.3. The largest absolute Gasteiger partial charge is 0.400 e. The molecule has 0 aliphatic heterocycles. The SMILES string of the molecule is CC.CO.CO.NC1C=CC=C(/C=C/c2ccc(-c3ccccc3)cc2)C=C1. The van der Waals surface area contributed by atoms with E-state index < -0.39 is 0 Å². The van der Waals surface area contributed by atoms with E-state index in [0.717, 1.165) is 19.8 Å². The van der Waals surface area contributed by atoms with Gasteiger partial charge in [-0.05, 0) is 22.3 Å². The van der Waals surface area contributed by atoms with E-state index in [0.29, 0.717) is 0 Å². The zero-order valence-electron chi connectivity index (χ0n) is 17.3. The van der Waals surface area contributed by atoms with Crippen molar-refractivity contribution in [3.05, 3.63) is 102 Å². The van der Waals surface area contributed by atoms with Crippen LogP contribution in [0.15, 0.2) is 96.6 Å². The van der Waals surface area contributed by atoms with Crippen molar-refractivity contribution in [2.75, 3.05) is 14.2 Å². The fourth-order valence-electron chi connectivity index (χ4n) is 2.36. The van der Waals surface area contributed by atoms with Crippen LogP contribution in [0.2, 0.25) is 0 Å². The number of aliphatic hydroxyl groups excluding tert-OH is 2. The van der Waals surface area contributed by atoms with E-state index in [1.54, 1.807) is 0 Å². The van der Waals surface area contributed by atoms with Crippen LogP contribution in [0.4, 0.5) is 0 Å². The van der Waals surface area contributed by atoms with Crippen LogP contribution in [-0.4, -0.2) is 30.5 Å². The minimum atomic E-state index is 0.00676. The lowest BCUT2D eigenvalue weighted by atomic mass is 10.0. The van der Waals surface area contributed by atoms with Gasteiger partial charge in [-0.2, -0.15) is 0 Å². The number of allylic oxidation sites excluding steroid dienone is 5. The molecule has 0 bridgehead atoms. The first-order chi connectivity index (χ1) is 13.8. The zero-order valence-corrected chi connectivity index (χ0v) is 17.3. The Morgan fingerprint density at radius 3 is 1.93 bits per heavy atom. The molecule has 1 unspecified atom stereocenters. The van der Waals surface area contributed by atoms with Crippen molar-refractivity contribution in [3.8, 4) is 11.1 Å². The van der Waals surface area contributed by atoms with Crippen molar-refractivity contribution in [2.24, 2.45) is 5.73 Å². The molecule has 0 radical (unpaired) electrons. The summed E-state index contributed by atoms with van der Waals surface area (Å²) in [6, 6.07) is 19.0. The summed E-state index contributed by atoms with van der Waals surface area (Å²) < 4.78 is 0. The highest BCUT2D eigenvalue weighted by molar-refractivity contribution is 5.66. The molecule has 0 fully saturated rings. The molecule has 0 spiro atoms. The van der Waals surface area contributed by atoms with E-state index in [1.165, 1.54) is 16.7 Å². The van der Waals surface area contributed by atoms with Gasteiger partial charge in [-0.25, -0.2) is 0 Å². The van der Waals surface area contributed by atoms with E-state index in [2.05, 4.69) is 72.8 Å². The summed E-state index contributed by atoms with van der Waals surface area (Å²) in [5.74, 6) is 0. The van der Waals surface area contributed by atoms with Crippen LogP contribution in [0.25, 0.3) is 17.2 Å². The summed E-state index contributed by atoms with van der Waals surface area (Å²) in [5, 5.41) is 14.0. The van der Waals surface area contributed by atoms with Crippen LogP contribution in [0.3, 0.4) is 0 Å². The second-order valence-electron chi connectivity index (χ2n) is 5.31. The molecule has 0 heterocycles. The Balaban J connectivity index is 0.00000111. The number of aliphatic hydroxyl groups is 2. The highest BCUT2D eigenvalue weighted by Gasteiger charge is 1.97. The molecule has 0 saturated heterocycles. The van der Waals surface area contributed by atoms with Gasteiger partial charge in [0.25, 0.3) is 0 Å². The lowest BCUT2D eigenvalue weighted by Crippen LogP contribution is -2.11. The van der Waals surface area contributed by atoms with Crippen LogP contribution in [0.1, 0.15) is 19.4 Å². The Bertz CT molecular complexity index is 742. The lowest BCUT2D eigenvalue weighted by molar-refractivity contribution is 0.399. The van der Waals surface area contributed by atoms with E-state index in [1.807, 2.05) is 38.1 Å². The molecule has 0 amide bonds. The smallest absolute Gasteiger partial charge is 0.0416 e. The molecule has 28 heavy (non-hydrogen) atoms. The molecular formula is C25H33NO2. The van der Waals surface area contributed by atoms with Crippen LogP contribution >= 0.6 is 0 Å². The molecule has 150 valence electrons. The van der Waals surface area contributed by atoms with Crippen molar-refractivity contribution in [3.63, 3.8) is 0 Å². The summed E-state index contributed by atoms with van der Waals surface area (Å²) in [6.45, 7) is 4.00. The second kappa shape index (κ2) is 16.5. The summed E-state index contributed by atoms with van der Waals surface area (Å²) in [4.78, 5) is 0. The topological polar surface area (TPSA) is 66.5 Å². The van der Waals surface area contributed by atoms with Crippen LogP contribution in [0.5, 0.6) is 0 Å². The third kappa shape index (κ3) is 9.28. The van der Waals surface area contributed by atoms with Crippen LogP contribution in [-0.2, 0) is 0 Å². The summed E-state index contributed by atoms with van der Waals surface area (Å²) >= 11 is 0. The average molecular weight is 380 g/mol. The molecule has 3 rings (SSSR count). The zero-order chi connectivity index (χ0) is 21.2. The molecular weight excluding hydrogens is 346 g/mol. The molecule has 4 N–H and O–H groups in total. The molecule has 0 saturated carbocycles. The highest BCUT2D eigenvalue weighted by Crippen LogP contribution is 2.20. The van der Waals surface area contributed by atoms with Crippen molar-refractivity contribution < 1.29 is 10.2 Å². The molecule has 3 nitrogen and oxygen atoms in total. The van der Waals surface area contributed by atoms with E-state index in [4.69, 9.17) is 15.9 Å². The minimum Gasteiger partial charge on any atom is -0.400 e. The van der Waals surface area contributed by atoms with Gasteiger partial charge in [-0.3, -0.25) is 0 Å². The average Bonchev–Trinajstić information content (AvgIpc) is 3.01. The molecule has 0 aromatic heterocycles. The van der Waals surface area contributed by atoms with Gasteiger partial charge in [0, 0.05) is 20.3 Å². The maximum absolute atomic E-state index is 7.00. The molecule has 2 aromatic carbocycles. The fourth-order valence-corrected chi connectivity index (χ4v) is 2.36. The molecule has 2 aromatic rings. The first kappa shape index (κ1) is 25.3. The third-order valence-electron chi connectivity index (χ3n) is 3.62.